The third-order valence-corrected chi connectivity index (χ3v) is 10.3. The third kappa shape index (κ3) is 4.36. The fraction of sp³-hybridized carbons (Fsp3) is 0.0976. The maximum atomic E-state index is 6.71. The fourth-order valence-electron chi connectivity index (χ4n) is 7.05. The number of aryl methyl sites for hydroxylation is 3. The van der Waals surface area contributed by atoms with Crippen LogP contribution >= 0.6 is 11.3 Å². The van der Waals surface area contributed by atoms with Crippen LogP contribution in [0.5, 0.6) is 0 Å². The number of hydrogen-bond donors (Lipinski definition) is 0. The van der Waals surface area contributed by atoms with E-state index in [1.54, 1.807) is 0 Å². The Morgan fingerprint density at radius 1 is 0.644 bits per heavy atom. The topological polar surface area (TPSA) is 31.0 Å². The van der Waals surface area contributed by atoms with Gasteiger partial charge in [0.25, 0.3) is 0 Å². The van der Waals surface area contributed by atoms with Crippen molar-refractivity contribution < 1.29 is 4.42 Å². The highest BCUT2D eigenvalue weighted by molar-refractivity contribution is 7.13. The SMILES string of the molecule is Cc1sc2c(c1-c1cccc3c1oc1ccc(-c4cc(-c5ccccc5)cc(-c5ccccc5)c4)cc13)-c1ccnn1CCC2. The van der Waals surface area contributed by atoms with Gasteiger partial charge in [0.1, 0.15) is 11.2 Å². The average Bonchev–Trinajstić information content (AvgIpc) is 3.77. The first kappa shape index (κ1) is 26.2. The van der Waals surface area contributed by atoms with E-state index in [2.05, 4.69) is 138 Å². The zero-order valence-corrected chi connectivity index (χ0v) is 25.8. The molecule has 0 amide bonds. The number of thiophene rings is 1. The van der Waals surface area contributed by atoms with Crippen molar-refractivity contribution in [3.8, 4) is 55.8 Å². The molecule has 0 radical (unpaired) electrons. The molecule has 1 aliphatic rings. The number of fused-ring (bicyclic) bond motifs is 6. The van der Waals surface area contributed by atoms with E-state index >= 15 is 0 Å². The van der Waals surface area contributed by atoms with Crippen LogP contribution in [0.1, 0.15) is 16.2 Å². The smallest absolute Gasteiger partial charge is 0.143 e. The van der Waals surface area contributed by atoms with E-state index in [1.807, 2.05) is 17.5 Å². The summed E-state index contributed by atoms with van der Waals surface area (Å²) >= 11 is 1.92. The Morgan fingerprint density at radius 3 is 2.09 bits per heavy atom. The highest BCUT2D eigenvalue weighted by Crippen LogP contribution is 2.48. The van der Waals surface area contributed by atoms with Gasteiger partial charge >= 0.3 is 0 Å². The molecule has 0 saturated carbocycles. The molecule has 0 atom stereocenters. The van der Waals surface area contributed by atoms with Crippen molar-refractivity contribution in [2.45, 2.75) is 26.3 Å². The number of benzene rings is 5. The molecular weight excluding hydrogens is 569 g/mol. The normalized spacial score (nSPS) is 12.7. The van der Waals surface area contributed by atoms with Crippen molar-refractivity contribution in [3.63, 3.8) is 0 Å². The second-order valence-electron chi connectivity index (χ2n) is 11.9. The van der Waals surface area contributed by atoms with Crippen LogP contribution < -0.4 is 0 Å². The zero-order valence-electron chi connectivity index (χ0n) is 25.0. The molecule has 5 aromatic carbocycles. The maximum absolute atomic E-state index is 6.71. The van der Waals surface area contributed by atoms with Crippen molar-refractivity contribution in [3.05, 3.63) is 137 Å². The Morgan fingerprint density at radius 2 is 1.36 bits per heavy atom. The van der Waals surface area contributed by atoms with Gasteiger partial charge < -0.3 is 4.42 Å². The molecule has 4 heteroatoms. The molecule has 8 aromatic rings. The highest BCUT2D eigenvalue weighted by Gasteiger charge is 2.26. The molecular formula is C41H30N2OS. The van der Waals surface area contributed by atoms with Crippen LogP contribution in [0, 0.1) is 6.92 Å². The lowest BCUT2D eigenvalue weighted by Gasteiger charge is -2.11. The summed E-state index contributed by atoms with van der Waals surface area (Å²) in [7, 11) is 0. The average molecular weight is 599 g/mol. The molecule has 0 aliphatic carbocycles. The van der Waals surface area contributed by atoms with E-state index in [-0.39, 0.29) is 0 Å². The monoisotopic (exact) mass is 598 g/mol. The van der Waals surface area contributed by atoms with Crippen molar-refractivity contribution in [1.82, 2.24) is 9.78 Å². The molecule has 0 spiro atoms. The predicted octanol–water partition coefficient (Wildman–Crippen LogP) is 11.4. The molecule has 0 bridgehead atoms. The van der Waals surface area contributed by atoms with Crippen LogP contribution in [0.2, 0.25) is 0 Å². The molecule has 0 N–H and O–H groups in total. The first-order valence-corrected chi connectivity index (χ1v) is 16.4. The summed E-state index contributed by atoms with van der Waals surface area (Å²) in [6.45, 7) is 3.20. The van der Waals surface area contributed by atoms with Gasteiger partial charge in [-0.2, -0.15) is 5.10 Å². The number of aromatic nitrogens is 2. The van der Waals surface area contributed by atoms with Gasteiger partial charge in [-0.3, -0.25) is 4.68 Å². The Balaban J connectivity index is 1.23. The predicted molar refractivity (Wildman–Crippen MR) is 188 cm³/mol. The van der Waals surface area contributed by atoms with Gasteiger partial charge in [-0.1, -0.05) is 84.9 Å². The van der Waals surface area contributed by atoms with Gasteiger partial charge in [0.2, 0.25) is 0 Å². The van der Waals surface area contributed by atoms with E-state index in [0.717, 1.165) is 46.9 Å². The molecule has 4 heterocycles. The summed E-state index contributed by atoms with van der Waals surface area (Å²) in [6, 6.07) is 43.6. The zero-order chi connectivity index (χ0) is 29.9. The largest absolute Gasteiger partial charge is 0.455 e. The molecule has 3 nitrogen and oxygen atoms in total. The second-order valence-corrected chi connectivity index (χ2v) is 13.2. The van der Waals surface area contributed by atoms with Crippen molar-refractivity contribution in [2.75, 3.05) is 0 Å². The maximum Gasteiger partial charge on any atom is 0.143 e. The van der Waals surface area contributed by atoms with E-state index in [9.17, 15) is 0 Å². The minimum Gasteiger partial charge on any atom is -0.455 e. The summed E-state index contributed by atoms with van der Waals surface area (Å²) in [5.74, 6) is 0. The summed E-state index contributed by atoms with van der Waals surface area (Å²) in [5.41, 5.74) is 14.0. The molecule has 9 rings (SSSR count). The van der Waals surface area contributed by atoms with E-state index in [0.29, 0.717) is 0 Å². The Kier molecular flexibility index (Phi) is 6.10. The summed E-state index contributed by atoms with van der Waals surface area (Å²) in [5, 5.41) is 6.93. The minimum absolute atomic E-state index is 0.910. The Labute approximate surface area is 266 Å². The summed E-state index contributed by atoms with van der Waals surface area (Å²) in [6.07, 6.45) is 4.12. The number of para-hydroxylation sites is 1. The minimum atomic E-state index is 0.910. The molecule has 0 unspecified atom stereocenters. The van der Waals surface area contributed by atoms with E-state index in [1.165, 1.54) is 60.0 Å². The molecule has 1 aliphatic heterocycles. The Bertz CT molecular complexity index is 2300. The van der Waals surface area contributed by atoms with Gasteiger partial charge in [-0.05, 0) is 89.5 Å². The van der Waals surface area contributed by atoms with Gasteiger partial charge in [0, 0.05) is 50.0 Å². The summed E-state index contributed by atoms with van der Waals surface area (Å²) in [4.78, 5) is 2.78. The molecule has 3 aromatic heterocycles. The van der Waals surface area contributed by atoms with Crippen molar-refractivity contribution >= 4 is 33.3 Å². The van der Waals surface area contributed by atoms with Crippen molar-refractivity contribution in [2.24, 2.45) is 0 Å². The molecule has 45 heavy (non-hydrogen) atoms. The van der Waals surface area contributed by atoms with Crippen LogP contribution in [0.3, 0.4) is 0 Å². The third-order valence-electron chi connectivity index (χ3n) is 9.15. The fourth-order valence-corrected chi connectivity index (χ4v) is 8.29. The summed E-state index contributed by atoms with van der Waals surface area (Å²) < 4.78 is 8.88. The number of nitrogens with zero attached hydrogens (tertiary/aromatic N) is 2. The van der Waals surface area contributed by atoms with Crippen molar-refractivity contribution in [1.29, 1.82) is 0 Å². The van der Waals surface area contributed by atoms with E-state index < -0.39 is 0 Å². The molecule has 216 valence electrons. The second kappa shape index (κ2) is 10.5. The van der Waals surface area contributed by atoms with E-state index in [4.69, 9.17) is 4.42 Å². The van der Waals surface area contributed by atoms with Gasteiger partial charge in [-0.15, -0.1) is 11.3 Å². The lowest BCUT2D eigenvalue weighted by molar-refractivity contribution is 0.596. The Hall–Kier alpha value is -5.19. The lowest BCUT2D eigenvalue weighted by atomic mass is 9.92. The first-order valence-electron chi connectivity index (χ1n) is 15.6. The van der Waals surface area contributed by atoms with Crippen LogP contribution in [0.15, 0.2) is 132 Å². The van der Waals surface area contributed by atoms with Gasteiger partial charge in [0.05, 0.1) is 5.69 Å². The lowest BCUT2D eigenvalue weighted by Crippen LogP contribution is -2.00. The van der Waals surface area contributed by atoms with Crippen LogP contribution in [-0.2, 0) is 13.0 Å². The molecule has 0 saturated heterocycles. The van der Waals surface area contributed by atoms with Crippen LogP contribution in [0.4, 0.5) is 0 Å². The van der Waals surface area contributed by atoms with Gasteiger partial charge in [-0.25, -0.2) is 0 Å². The highest BCUT2D eigenvalue weighted by atomic mass is 32.1. The van der Waals surface area contributed by atoms with Crippen LogP contribution in [0.25, 0.3) is 77.7 Å². The standard InChI is InChI=1S/C41H30N2OS/c1-26-39(40-36-19-20-42-43(36)21-9-16-38(40)45-26)34-15-8-14-33-35-25-29(17-18-37(35)44-41(33)34)32-23-30(27-10-4-2-5-11-27)22-31(24-32)28-12-6-3-7-13-28/h2-8,10-15,17-20,22-25H,9,16,21H2,1H3. The first-order chi connectivity index (χ1) is 22.2. The van der Waals surface area contributed by atoms with Gasteiger partial charge in [0.15, 0.2) is 0 Å². The number of rotatable bonds is 4. The quantitative estimate of drug-likeness (QED) is 0.202. The van der Waals surface area contributed by atoms with Crippen LogP contribution in [-0.4, -0.2) is 9.78 Å². The number of furan rings is 1. The number of hydrogen-bond acceptors (Lipinski definition) is 3. The molecule has 0 fully saturated rings.